The average molecular weight is 370 g/mol. The number of nitro benzene ring substituents is 1. The van der Waals surface area contributed by atoms with Gasteiger partial charge in [0.1, 0.15) is 0 Å². The minimum atomic E-state index is -1.09. The van der Waals surface area contributed by atoms with E-state index in [1.54, 1.807) is 26.0 Å². The van der Waals surface area contributed by atoms with Gasteiger partial charge in [-0.25, -0.2) is 4.79 Å². The molecule has 0 spiro atoms. The van der Waals surface area contributed by atoms with Crippen LogP contribution in [0.3, 0.4) is 0 Å². The Bertz CT molecular complexity index is 972. The van der Waals surface area contributed by atoms with Crippen molar-refractivity contribution in [2.24, 2.45) is 0 Å². The third-order valence-corrected chi connectivity index (χ3v) is 4.44. The molecule has 1 aromatic heterocycles. The first-order valence-electron chi connectivity index (χ1n) is 8.32. The number of carboxylic acid groups (broad SMARTS) is 1. The van der Waals surface area contributed by atoms with Gasteiger partial charge in [-0.15, -0.1) is 0 Å². The molecule has 0 fully saturated rings. The largest absolute Gasteiger partial charge is 0.478 e. The zero-order valence-corrected chi connectivity index (χ0v) is 15.0. The van der Waals surface area contributed by atoms with Crippen LogP contribution in [0.15, 0.2) is 45.8 Å². The molecule has 2 N–H and O–H groups in total. The number of nitro groups is 1. The van der Waals surface area contributed by atoms with Gasteiger partial charge in [-0.1, -0.05) is 24.2 Å². The summed E-state index contributed by atoms with van der Waals surface area (Å²) in [5, 5.41) is 27.7. The van der Waals surface area contributed by atoms with Crippen molar-refractivity contribution in [2.75, 3.05) is 0 Å². The maximum absolute atomic E-state index is 12.0. The first kappa shape index (κ1) is 18.3. The number of dihydropyridines is 1. The Morgan fingerprint density at radius 3 is 2.48 bits per heavy atom. The van der Waals surface area contributed by atoms with Crippen molar-refractivity contribution < 1.29 is 19.3 Å². The van der Waals surface area contributed by atoms with Gasteiger partial charge in [0.2, 0.25) is 0 Å². The molecule has 2 heterocycles. The number of nitrogens with one attached hydrogen (secondary N) is 1. The van der Waals surface area contributed by atoms with Gasteiger partial charge in [0.25, 0.3) is 11.6 Å². The minimum Gasteiger partial charge on any atom is -0.478 e. The van der Waals surface area contributed by atoms with Crippen molar-refractivity contribution in [3.63, 3.8) is 0 Å². The van der Waals surface area contributed by atoms with E-state index in [1.165, 1.54) is 12.1 Å². The summed E-state index contributed by atoms with van der Waals surface area (Å²) >= 11 is 0. The van der Waals surface area contributed by atoms with E-state index < -0.39 is 16.8 Å². The summed E-state index contributed by atoms with van der Waals surface area (Å²) in [7, 11) is 0. The molecule has 1 aromatic carbocycles. The summed E-state index contributed by atoms with van der Waals surface area (Å²) in [5.74, 6) is -1.05. The molecule has 0 saturated carbocycles. The lowest BCUT2D eigenvalue weighted by molar-refractivity contribution is -0.384. The van der Waals surface area contributed by atoms with Gasteiger partial charge >= 0.3 is 5.97 Å². The Morgan fingerprint density at radius 1 is 1.30 bits per heavy atom. The normalized spacial score (nSPS) is 17.1. The number of benzene rings is 1. The van der Waals surface area contributed by atoms with E-state index in [4.69, 9.17) is 4.52 Å². The lowest BCUT2D eigenvalue weighted by atomic mass is 9.80. The fourth-order valence-electron chi connectivity index (χ4n) is 3.19. The summed E-state index contributed by atoms with van der Waals surface area (Å²) in [4.78, 5) is 26.8. The van der Waals surface area contributed by atoms with Gasteiger partial charge in [0, 0.05) is 35.5 Å². The van der Waals surface area contributed by atoms with Crippen molar-refractivity contribution in [3.8, 4) is 0 Å². The second kappa shape index (κ2) is 7.02. The number of hydrogen-bond donors (Lipinski definition) is 2. The van der Waals surface area contributed by atoms with E-state index in [9.17, 15) is 20.0 Å². The van der Waals surface area contributed by atoms with Gasteiger partial charge < -0.3 is 14.9 Å². The number of carboxylic acids is 1. The Balaban J connectivity index is 2.18. The fraction of sp³-hybridized carbons (Fsp3) is 0.278. The third kappa shape index (κ3) is 3.31. The van der Waals surface area contributed by atoms with Crippen LogP contribution in [-0.4, -0.2) is 26.1 Å². The highest BCUT2D eigenvalue weighted by Crippen LogP contribution is 2.43. The topological polar surface area (TPSA) is 131 Å². The average Bonchev–Trinajstić information content (AvgIpc) is 3.09. The smallest absolute Gasteiger partial charge is 0.334 e. The Morgan fingerprint density at radius 2 is 1.96 bits per heavy atom. The molecule has 140 valence electrons. The van der Waals surface area contributed by atoms with Crippen molar-refractivity contribution in [1.29, 1.82) is 0 Å². The van der Waals surface area contributed by atoms with Crippen molar-refractivity contribution in [1.82, 2.24) is 15.5 Å². The van der Waals surface area contributed by atoms with E-state index in [0.717, 1.165) is 0 Å². The molecule has 2 aromatic rings. The van der Waals surface area contributed by atoms with Crippen LogP contribution in [0.4, 0.5) is 5.69 Å². The first-order valence-corrected chi connectivity index (χ1v) is 8.32. The third-order valence-electron chi connectivity index (χ3n) is 4.44. The molecule has 0 bridgehead atoms. The summed E-state index contributed by atoms with van der Waals surface area (Å²) < 4.78 is 5.36. The number of non-ortho nitro benzene ring substituents is 1. The lowest BCUT2D eigenvalue weighted by Gasteiger charge is -2.29. The van der Waals surface area contributed by atoms with Gasteiger partial charge in [-0.3, -0.25) is 10.1 Å². The highest BCUT2D eigenvalue weighted by molar-refractivity contribution is 5.95. The fourth-order valence-corrected chi connectivity index (χ4v) is 3.19. The number of rotatable bonds is 5. The van der Waals surface area contributed by atoms with Crippen molar-refractivity contribution >= 4 is 17.2 Å². The number of aryl methyl sites for hydroxylation is 1. The van der Waals surface area contributed by atoms with Gasteiger partial charge in [0.05, 0.1) is 16.4 Å². The Hall–Kier alpha value is -3.49. The van der Waals surface area contributed by atoms with Gasteiger partial charge in [-0.05, 0) is 19.4 Å². The molecule has 3 rings (SSSR count). The Labute approximate surface area is 154 Å². The van der Waals surface area contributed by atoms with Crippen LogP contribution in [0, 0.1) is 10.1 Å². The highest BCUT2D eigenvalue weighted by Gasteiger charge is 2.36. The van der Waals surface area contributed by atoms with Crippen LogP contribution >= 0.6 is 0 Å². The summed E-state index contributed by atoms with van der Waals surface area (Å²) in [5.41, 5.74) is 2.36. The molecule has 1 aliphatic heterocycles. The second-order valence-electron chi connectivity index (χ2n) is 6.16. The van der Waals surface area contributed by atoms with E-state index >= 15 is 0 Å². The van der Waals surface area contributed by atoms with E-state index in [1.807, 2.05) is 6.92 Å². The summed E-state index contributed by atoms with van der Waals surface area (Å²) in [6, 6.07) is 5.80. The van der Waals surface area contributed by atoms with Gasteiger partial charge in [-0.2, -0.15) is 4.98 Å². The maximum atomic E-state index is 12.0. The maximum Gasteiger partial charge on any atom is 0.334 e. The molecule has 0 saturated heterocycles. The SMILES string of the molecule is CCc1noc(C2=C(C)NC(C)=C(C(=O)O)C2c2ccc([N+](=O)[O-])cc2)n1. The zero-order chi connectivity index (χ0) is 19.7. The zero-order valence-electron chi connectivity index (χ0n) is 15.0. The predicted octanol–water partition coefficient (Wildman–Crippen LogP) is 3.02. The summed E-state index contributed by atoms with van der Waals surface area (Å²) in [6.07, 6.45) is 0.576. The van der Waals surface area contributed by atoms with Gasteiger partial charge in [0.15, 0.2) is 5.82 Å². The predicted molar refractivity (Wildman–Crippen MR) is 95.6 cm³/mol. The van der Waals surface area contributed by atoms with Crippen molar-refractivity contribution in [3.05, 3.63) is 68.6 Å². The monoisotopic (exact) mass is 370 g/mol. The summed E-state index contributed by atoms with van der Waals surface area (Å²) in [6.45, 7) is 5.36. The molecule has 1 unspecified atom stereocenters. The number of hydrogen-bond acceptors (Lipinski definition) is 7. The highest BCUT2D eigenvalue weighted by atomic mass is 16.6. The molecule has 1 aliphatic rings. The van der Waals surface area contributed by atoms with Crippen LogP contribution in [0.1, 0.15) is 44.0 Å². The molecule has 1 atom stereocenters. The molecule has 0 radical (unpaired) electrons. The minimum absolute atomic E-state index is 0.0708. The number of allylic oxidation sites excluding steroid dienone is 3. The number of carbonyl (C=O) groups is 1. The van der Waals surface area contributed by atoms with Crippen molar-refractivity contribution in [2.45, 2.75) is 33.1 Å². The lowest BCUT2D eigenvalue weighted by Crippen LogP contribution is -2.27. The quantitative estimate of drug-likeness (QED) is 0.606. The second-order valence-corrected chi connectivity index (χ2v) is 6.16. The molecular formula is C18H18N4O5. The number of aromatic nitrogens is 2. The van der Waals surface area contributed by atoms with E-state index in [0.29, 0.717) is 34.8 Å². The molecule has 0 aliphatic carbocycles. The van der Waals surface area contributed by atoms with E-state index in [-0.39, 0.29) is 17.2 Å². The number of aliphatic carboxylic acids is 1. The molecular weight excluding hydrogens is 352 g/mol. The molecule has 27 heavy (non-hydrogen) atoms. The number of nitrogens with zero attached hydrogens (tertiary/aromatic N) is 3. The first-order chi connectivity index (χ1) is 12.8. The molecule has 9 heteroatoms. The van der Waals surface area contributed by atoms with Crippen LogP contribution in [0.2, 0.25) is 0 Å². The van der Waals surface area contributed by atoms with Crippen LogP contribution in [0.5, 0.6) is 0 Å². The van der Waals surface area contributed by atoms with Crippen LogP contribution in [-0.2, 0) is 11.2 Å². The standard InChI is InChI=1S/C18H18N4O5/c1-4-13-20-17(27-21-13)14-9(2)19-10(3)15(18(23)24)16(14)11-5-7-12(8-6-11)22(25)26/h5-8,16,19H,4H2,1-3H3,(H,23,24). The molecule has 9 nitrogen and oxygen atoms in total. The van der Waals surface area contributed by atoms with Crippen LogP contribution < -0.4 is 5.32 Å². The molecule has 0 amide bonds. The van der Waals surface area contributed by atoms with Crippen LogP contribution in [0.25, 0.3) is 5.57 Å². The Kier molecular flexibility index (Phi) is 4.76. The van der Waals surface area contributed by atoms with E-state index in [2.05, 4.69) is 15.5 Å².